The van der Waals surface area contributed by atoms with Crippen molar-refractivity contribution < 1.29 is 27.5 Å². The van der Waals surface area contributed by atoms with Crippen LogP contribution in [0.3, 0.4) is 0 Å². The van der Waals surface area contributed by atoms with Gasteiger partial charge in [0.15, 0.2) is 16.4 Å². The molecule has 2 atom stereocenters. The Morgan fingerprint density at radius 3 is 2.56 bits per heavy atom. The van der Waals surface area contributed by atoms with Crippen LogP contribution in [-0.4, -0.2) is 63.3 Å². The van der Waals surface area contributed by atoms with Gasteiger partial charge in [-0.1, -0.05) is 18.2 Å². The highest BCUT2D eigenvalue weighted by Gasteiger charge is 2.33. The van der Waals surface area contributed by atoms with E-state index >= 15 is 0 Å². The summed E-state index contributed by atoms with van der Waals surface area (Å²) in [6, 6.07) is 15.4. The van der Waals surface area contributed by atoms with Gasteiger partial charge in [-0.05, 0) is 54.4 Å². The summed E-state index contributed by atoms with van der Waals surface area (Å²) in [5.41, 5.74) is 2.12. The second-order valence-electron chi connectivity index (χ2n) is 9.78. The Morgan fingerprint density at radius 2 is 1.85 bits per heavy atom. The van der Waals surface area contributed by atoms with Gasteiger partial charge < -0.3 is 25.0 Å². The summed E-state index contributed by atoms with van der Waals surface area (Å²) in [6.07, 6.45) is 2.77. The molecule has 39 heavy (non-hydrogen) atoms. The first-order valence-electron chi connectivity index (χ1n) is 12.6. The Morgan fingerprint density at radius 1 is 1.05 bits per heavy atom. The van der Waals surface area contributed by atoms with E-state index in [2.05, 4.69) is 15.6 Å². The molecule has 3 aliphatic rings. The van der Waals surface area contributed by atoms with E-state index in [4.69, 9.17) is 9.47 Å². The average Bonchev–Trinajstić information content (AvgIpc) is 2.92. The van der Waals surface area contributed by atoms with Crippen molar-refractivity contribution in [3.63, 3.8) is 0 Å². The summed E-state index contributed by atoms with van der Waals surface area (Å²) in [6.45, 7) is 3.05. The molecular weight excluding hydrogens is 520 g/mol. The predicted molar refractivity (Wildman–Crippen MR) is 145 cm³/mol. The van der Waals surface area contributed by atoms with Crippen molar-refractivity contribution >= 4 is 27.5 Å². The Bertz CT molecular complexity index is 1470. The zero-order valence-electron chi connectivity index (χ0n) is 21.7. The summed E-state index contributed by atoms with van der Waals surface area (Å²) >= 11 is 0. The number of nitrogens with one attached hydrogen (secondary N) is 2. The molecule has 4 heterocycles. The second kappa shape index (κ2) is 10.9. The van der Waals surface area contributed by atoms with E-state index in [1.54, 1.807) is 24.3 Å². The van der Waals surface area contributed by atoms with Gasteiger partial charge in [-0.2, -0.15) is 0 Å². The molecule has 1 saturated heterocycles. The van der Waals surface area contributed by atoms with E-state index < -0.39 is 15.9 Å². The third-order valence-electron chi connectivity index (χ3n) is 6.85. The van der Waals surface area contributed by atoms with Crippen LogP contribution in [-0.2, 0) is 21.2 Å². The fraction of sp³-hybridized carbons (Fsp3) is 0.321. The van der Waals surface area contributed by atoms with Crippen molar-refractivity contribution in [2.75, 3.05) is 30.9 Å². The van der Waals surface area contributed by atoms with Gasteiger partial charge in [-0.15, -0.1) is 0 Å². The Kier molecular flexibility index (Phi) is 7.42. The summed E-state index contributed by atoms with van der Waals surface area (Å²) < 4.78 is 35.8. The van der Waals surface area contributed by atoms with Gasteiger partial charge in [0.2, 0.25) is 0 Å². The molecular formula is C28H30N4O6S. The number of carbonyl (C=O) groups is 2. The highest BCUT2D eigenvalue weighted by Crippen LogP contribution is 2.25. The fourth-order valence-corrected chi connectivity index (χ4v) is 5.16. The molecule has 2 aromatic carbocycles. The van der Waals surface area contributed by atoms with E-state index in [1.807, 2.05) is 36.1 Å². The number of amides is 2. The molecule has 6 rings (SSSR count). The molecule has 0 spiro atoms. The lowest BCUT2D eigenvalue weighted by Gasteiger charge is -2.39. The lowest BCUT2D eigenvalue weighted by molar-refractivity contribution is -0.123. The maximum Gasteiger partial charge on any atom is 0.258 e. The van der Waals surface area contributed by atoms with E-state index in [1.165, 1.54) is 12.3 Å². The molecule has 4 bridgehead atoms. The molecule has 0 unspecified atom stereocenters. The van der Waals surface area contributed by atoms with Crippen LogP contribution in [0.2, 0.25) is 0 Å². The molecule has 3 aromatic rings. The van der Waals surface area contributed by atoms with Gasteiger partial charge in [0.05, 0.1) is 10.9 Å². The number of benzene rings is 2. The van der Waals surface area contributed by atoms with Crippen molar-refractivity contribution in [1.29, 1.82) is 0 Å². The Labute approximate surface area is 227 Å². The van der Waals surface area contributed by atoms with Crippen LogP contribution in [0.5, 0.6) is 11.5 Å². The molecule has 1 aromatic heterocycles. The topological polar surface area (TPSA) is 127 Å². The maximum atomic E-state index is 13.4. The predicted octanol–water partition coefficient (Wildman–Crippen LogP) is 2.26. The number of fused-ring (bicyclic) bond motifs is 7. The number of rotatable bonds is 2. The van der Waals surface area contributed by atoms with Crippen LogP contribution < -0.4 is 25.0 Å². The fourth-order valence-electron chi connectivity index (χ4n) is 4.60. The van der Waals surface area contributed by atoms with Gasteiger partial charge in [0, 0.05) is 44.1 Å². The number of pyridine rings is 1. The van der Waals surface area contributed by atoms with Crippen LogP contribution in [0.25, 0.3) is 0 Å². The zero-order chi connectivity index (χ0) is 27.6. The van der Waals surface area contributed by atoms with Gasteiger partial charge >= 0.3 is 0 Å². The van der Waals surface area contributed by atoms with Crippen molar-refractivity contribution in [3.8, 4) is 11.5 Å². The van der Waals surface area contributed by atoms with Crippen molar-refractivity contribution in [3.05, 3.63) is 77.5 Å². The molecule has 1 fully saturated rings. The zero-order valence-corrected chi connectivity index (χ0v) is 22.5. The van der Waals surface area contributed by atoms with Crippen LogP contribution in [0.4, 0.5) is 5.82 Å². The molecule has 2 N–H and O–H groups in total. The van der Waals surface area contributed by atoms with Crippen LogP contribution in [0.15, 0.2) is 65.7 Å². The average molecular weight is 551 g/mol. The summed E-state index contributed by atoms with van der Waals surface area (Å²) in [4.78, 5) is 32.2. The molecule has 2 amide bonds. The quantitative estimate of drug-likeness (QED) is 0.498. The van der Waals surface area contributed by atoms with E-state index in [0.717, 1.165) is 17.4 Å². The molecule has 0 saturated carbocycles. The largest absolute Gasteiger partial charge is 0.488 e. The minimum Gasteiger partial charge on any atom is -0.488 e. The number of sulfone groups is 1. The Balaban J connectivity index is 1.43. The molecule has 10 nitrogen and oxygen atoms in total. The summed E-state index contributed by atoms with van der Waals surface area (Å²) in [5, 5.41) is 5.95. The van der Waals surface area contributed by atoms with Gasteiger partial charge in [0.25, 0.3) is 11.8 Å². The molecule has 0 aliphatic carbocycles. The normalized spacial score (nSPS) is 20.1. The monoisotopic (exact) mass is 550 g/mol. The van der Waals surface area contributed by atoms with Crippen molar-refractivity contribution in [2.45, 2.75) is 36.9 Å². The van der Waals surface area contributed by atoms with Gasteiger partial charge in [0.1, 0.15) is 23.4 Å². The number of ether oxygens (including phenoxy) is 2. The number of hydrogen-bond donors (Lipinski definition) is 2. The third-order valence-corrected chi connectivity index (χ3v) is 7.95. The minimum atomic E-state index is -3.36. The number of aromatic nitrogens is 1. The minimum absolute atomic E-state index is 0.149. The number of piperidine rings is 1. The van der Waals surface area contributed by atoms with Crippen LogP contribution >= 0.6 is 0 Å². The van der Waals surface area contributed by atoms with Gasteiger partial charge in [-0.25, -0.2) is 13.4 Å². The van der Waals surface area contributed by atoms with E-state index in [0.29, 0.717) is 48.9 Å². The van der Waals surface area contributed by atoms with Crippen LogP contribution in [0.1, 0.15) is 27.9 Å². The number of anilines is 1. The summed E-state index contributed by atoms with van der Waals surface area (Å²) in [5.74, 6) is 1.16. The SMILES string of the molecule is Cc1ccc2cc1OCC(=O)NCc1ccc(cc1)O[C@H]1CCN(c3ccc(S(C)(=O)=O)cn3)C[C@@H]1NC2=O. The standard InChI is InChI=1S/C28H30N4O6S/c1-18-3-6-20-13-25(18)37-17-27(33)30-14-19-4-7-21(8-5-19)38-24-11-12-32(16-23(24)31-28(20)34)26-10-9-22(15-29-26)39(2,35)36/h3-10,13,15,23-24H,11-12,14,16-17H2,1-2H3,(H,30,33)(H,31,34)/t23-,24-/m0/s1. The Hall–Kier alpha value is -4.12. The van der Waals surface area contributed by atoms with Crippen molar-refractivity contribution in [1.82, 2.24) is 15.6 Å². The summed E-state index contributed by atoms with van der Waals surface area (Å²) in [7, 11) is -3.36. The van der Waals surface area contributed by atoms with Crippen LogP contribution in [0, 0.1) is 6.92 Å². The number of hydrogen-bond acceptors (Lipinski definition) is 8. The lowest BCUT2D eigenvalue weighted by Crippen LogP contribution is -2.57. The first-order chi connectivity index (χ1) is 18.7. The number of nitrogens with zero attached hydrogens (tertiary/aromatic N) is 2. The van der Waals surface area contributed by atoms with Crippen molar-refractivity contribution in [2.24, 2.45) is 0 Å². The second-order valence-corrected chi connectivity index (χ2v) is 11.8. The number of carbonyl (C=O) groups excluding carboxylic acids is 2. The third kappa shape index (κ3) is 6.31. The van der Waals surface area contributed by atoms with E-state index in [9.17, 15) is 18.0 Å². The molecule has 11 heteroatoms. The van der Waals surface area contributed by atoms with Gasteiger partial charge in [-0.3, -0.25) is 9.59 Å². The van der Waals surface area contributed by atoms with E-state index in [-0.39, 0.29) is 29.4 Å². The first-order valence-corrected chi connectivity index (χ1v) is 14.5. The highest BCUT2D eigenvalue weighted by atomic mass is 32.2. The molecule has 3 aliphatic heterocycles. The lowest BCUT2D eigenvalue weighted by atomic mass is 10.0. The smallest absolute Gasteiger partial charge is 0.258 e. The highest BCUT2D eigenvalue weighted by molar-refractivity contribution is 7.90. The molecule has 0 radical (unpaired) electrons. The maximum absolute atomic E-state index is 13.4. The number of aryl methyl sites for hydroxylation is 1. The molecule has 204 valence electrons. The first kappa shape index (κ1) is 26.5.